The average molecular weight is 336 g/mol. The number of ether oxygens (including phenoxy) is 1. The fraction of sp³-hybridized carbons (Fsp3) is 0.667. The molecule has 0 N–H and O–H groups in total. The largest absolute Gasteiger partial charge is 0.465 e. The van der Waals surface area contributed by atoms with E-state index in [0.717, 1.165) is 22.0 Å². The highest BCUT2D eigenvalue weighted by Gasteiger charge is 2.51. The number of hydrogen-bond donors (Lipinski definition) is 0. The van der Waals surface area contributed by atoms with E-state index < -0.39 is 5.41 Å². The molecule has 90 valence electrons. The molecule has 0 amide bonds. The molecule has 0 spiro atoms. The van der Waals surface area contributed by atoms with Gasteiger partial charge in [-0.3, -0.25) is 9.59 Å². The minimum atomic E-state index is -0.985. The van der Waals surface area contributed by atoms with Crippen LogP contribution in [-0.4, -0.2) is 18.4 Å². The smallest absolute Gasteiger partial charge is 0.323 e. The van der Waals surface area contributed by atoms with Crippen molar-refractivity contribution in [1.29, 1.82) is 0 Å². The quantitative estimate of drug-likeness (QED) is 0.450. The van der Waals surface area contributed by atoms with Crippen molar-refractivity contribution in [2.45, 2.75) is 40.0 Å². The van der Waals surface area contributed by atoms with Crippen LogP contribution in [0.5, 0.6) is 0 Å². The van der Waals surface area contributed by atoms with Gasteiger partial charge in [0.05, 0.1) is 6.61 Å². The summed E-state index contributed by atoms with van der Waals surface area (Å²) in [6.45, 7) is 5.56. The van der Waals surface area contributed by atoms with Crippen molar-refractivity contribution in [3.63, 3.8) is 0 Å². The summed E-state index contributed by atoms with van der Waals surface area (Å²) >= 11 is 2.23. The Morgan fingerprint density at radius 3 is 2.50 bits per heavy atom. The van der Waals surface area contributed by atoms with E-state index in [1.54, 1.807) is 6.92 Å². The normalized spacial score (nSPS) is 24.8. The lowest BCUT2D eigenvalue weighted by atomic mass is 9.76. The van der Waals surface area contributed by atoms with Gasteiger partial charge in [-0.2, -0.15) is 0 Å². The van der Waals surface area contributed by atoms with Crippen LogP contribution in [0.1, 0.15) is 40.0 Å². The van der Waals surface area contributed by atoms with Crippen molar-refractivity contribution in [2.75, 3.05) is 6.61 Å². The number of hydrogen-bond acceptors (Lipinski definition) is 3. The second kappa shape index (κ2) is 5.29. The fourth-order valence-corrected chi connectivity index (χ4v) is 3.45. The van der Waals surface area contributed by atoms with E-state index in [2.05, 4.69) is 22.6 Å². The van der Waals surface area contributed by atoms with Crippen LogP contribution >= 0.6 is 22.6 Å². The third-order valence-corrected chi connectivity index (χ3v) is 4.33. The summed E-state index contributed by atoms with van der Waals surface area (Å²) in [5, 5.41) is 0. The van der Waals surface area contributed by atoms with Crippen LogP contribution in [-0.2, 0) is 14.3 Å². The lowest BCUT2D eigenvalue weighted by Gasteiger charge is -2.26. The van der Waals surface area contributed by atoms with E-state index in [-0.39, 0.29) is 11.8 Å². The second-order valence-electron chi connectivity index (χ2n) is 3.92. The molecule has 0 bridgehead atoms. The predicted molar refractivity (Wildman–Crippen MR) is 70.3 cm³/mol. The predicted octanol–water partition coefficient (Wildman–Crippen LogP) is 3.02. The maximum Gasteiger partial charge on any atom is 0.323 e. The summed E-state index contributed by atoms with van der Waals surface area (Å²) in [6.07, 6.45) is 2.11. The van der Waals surface area contributed by atoms with Crippen LogP contribution < -0.4 is 0 Å². The van der Waals surface area contributed by atoms with Crippen molar-refractivity contribution in [1.82, 2.24) is 0 Å². The topological polar surface area (TPSA) is 43.4 Å². The molecule has 16 heavy (non-hydrogen) atoms. The Bertz CT molecular complexity index is 346. The number of allylic oxidation sites excluding steroid dienone is 1. The highest BCUT2D eigenvalue weighted by molar-refractivity contribution is 14.1. The molecule has 0 fully saturated rings. The molecule has 0 aromatic carbocycles. The van der Waals surface area contributed by atoms with Gasteiger partial charge >= 0.3 is 5.97 Å². The highest BCUT2D eigenvalue weighted by Crippen LogP contribution is 2.48. The van der Waals surface area contributed by atoms with Gasteiger partial charge < -0.3 is 4.74 Å². The number of Topliss-reactive ketones (excluding diaryl/α,β-unsaturated/α-hetero) is 1. The Hall–Kier alpha value is -0.390. The molecule has 1 unspecified atom stereocenters. The van der Waals surface area contributed by atoms with E-state index in [4.69, 9.17) is 4.74 Å². The molecule has 1 aliphatic rings. The van der Waals surface area contributed by atoms with Gasteiger partial charge in [-0.05, 0) is 64.9 Å². The van der Waals surface area contributed by atoms with E-state index in [1.165, 1.54) is 6.92 Å². The van der Waals surface area contributed by atoms with Crippen LogP contribution in [0.2, 0.25) is 0 Å². The second-order valence-corrected chi connectivity index (χ2v) is 5.22. The molecule has 0 aliphatic heterocycles. The molecule has 1 aliphatic carbocycles. The van der Waals surface area contributed by atoms with Gasteiger partial charge in [0.1, 0.15) is 5.41 Å². The Morgan fingerprint density at radius 2 is 2.06 bits per heavy atom. The molecule has 0 saturated carbocycles. The first-order valence-corrected chi connectivity index (χ1v) is 6.64. The van der Waals surface area contributed by atoms with Crippen LogP contribution in [0.4, 0.5) is 0 Å². The maximum absolute atomic E-state index is 12.0. The Balaban J connectivity index is 3.18. The Kier molecular flexibility index (Phi) is 4.52. The van der Waals surface area contributed by atoms with Gasteiger partial charge in [-0.1, -0.05) is 6.92 Å². The number of rotatable bonds is 4. The summed E-state index contributed by atoms with van der Waals surface area (Å²) in [5.41, 5.74) is -0.0274. The number of carbonyl (C=O) groups is 2. The Morgan fingerprint density at radius 1 is 1.44 bits per heavy atom. The molecule has 0 radical (unpaired) electrons. The maximum atomic E-state index is 12.0. The molecule has 3 nitrogen and oxygen atoms in total. The molecular formula is C12H17IO3. The first-order valence-electron chi connectivity index (χ1n) is 5.56. The summed E-state index contributed by atoms with van der Waals surface area (Å²) in [7, 11) is 0. The van der Waals surface area contributed by atoms with E-state index in [9.17, 15) is 9.59 Å². The first-order chi connectivity index (χ1) is 7.50. The first kappa shape index (κ1) is 13.7. The van der Waals surface area contributed by atoms with Gasteiger partial charge in [-0.15, -0.1) is 0 Å². The molecule has 0 aromatic rings. The van der Waals surface area contributed by atoms with Crippen LogP contribution in [0.25, 0.3) is 0 Å². The molecule has 4 heteroatoms. The molecule has 1 rings (SSSR count). The van der Waals surface area contributed by atoms with Crippen molar-refractivity contribution in [3.05, 3.63) is 9.15 Å². The number of esters is 1. The highest BCUT2D eigenvalue weighted by atomic mass is 127. The third kappa shape index (κ3) is 2.04. The van der Waals surface area contributed by atoms with Gasteiger partial charge in [0, 0.05) is 0 Å². The summed E-state index contributed by atoms with van der Waals surface area (Å²) in [6, 6.07) is 0. The summed E-state index contributed by atoms with van der Waals surface area (Å²) in [5.74, 6) is -0.458. The zero-order chi connectivity index (χ0) is 12.3. The fourth-order valence-electron chi connectivity index (χ4n) is 2.34. The number of halogens is 1. The van der Waals surface area contributed by atoms with Crippen LogP contribution in [0, 0.1) is 5.41 Å². The van der Waals surface area contributed by atoms with Gasteiger partial charge in [0.2, 0.25) is 0 Å². The lowest BCUT2D eigenvalue weighted by Crippen LogP contribution is -2.39. The molecule has 1 atom stereocenters. The summed E-state index contributed by atoms with van der Waals surface area (Å²) < 4.78 is 6.22. The van der Waals surface area contributed by atoms with Crippen LogP contribution in [0.15, 0.2) is 9.15 Å². The average Bonchev–Trinajstić information content (AvgIpc) is 2.56. The number of ketones is 1. The van der Waals surface area contributed by atoms with E-state index >= 15 is 0 Å². The molecule has 0 aromatic heterocycles. The van der Waals surface area contributed by atoms with Gasteiger partial charge in [0.25, 0.3) is 0 Å². The molecule has 0 heterocycles. The van der Waals surface area contributed by atoms with Crippen molar-refractivity contribution in [2.24, 2.45) is 5.41 Å². The SMILES string of the molecule is CCOC(=O)C1(C(C)=O)CCC(I)=C1CC. The molecular weight excluding hydrogens is 319 g/mol. The third-order valence-electron chi connectivity index (χ3n) is 3.14. The van der Waals surface area contributed by atoms with Crippen molar-refractivity contribution >= 4 is 34.3 Å². The summed E-state index contributed by atoms with van der Waals surface area (Å²) in [4.78, 5) is 23.9. The van der Waals surface area contributed by atoms with Crippen molar-refractivity contribution in [3.8, 4) is 0 Å². The minimum absolute atomic E-state index is 0.0885. The lowest BCUT2D eigenvalue weighted by molar-refractivity contribution is -0.157. The minimum Gasteiger partial charge on any atom is -0.465 e. The van der Waals surface area contributed by atoms with E-state index in [1.807, 2.05) is 6.92 Å². The van der Waals surface area contributed by atoms with Gasteiger partial charge in [0.15, 0.2) is 5.78 Å². The Labute approximate surface area is 110 Å². The van der Waals surface area contributed by atoms with Crippen LogP contribution in [0.3, 0.4) is 0 Å². The zero-order valence-corrected chi connectivity index (χ0v) is 12.1. The van der Waals surface area contributed by atoms with E-state index in [0.29, 0.717) is 13.0 Å². The monoisotopic (exact) mass is 336 g/mol. The van der Waals surface area contributed by atoms with Gasteiger partial charge in [-0.25, -0.2) is 0 Å². The molecule has 0 saturated heterocycles. The zero-order valence-electron chi connectivity index (χ0n) is 9.93. The standard InChI is InChI=1S/C12H17IO3/c1-4-9-10(13)6-7-12(9,8(3)14)11(15)16-5-2/h4-7H2,1-3H3. The number of carbonyl (C=O) groups excluding carboxylic acids is 2. The van der Waals surface area contributed by atoms with Crippen molar-refractivity contribution < 1.29 is 14.3 Å².